The van der Waals surface area contributed by atoms with Gasteiger partial charge in [0.05, 0.1) is 13.2 Å². The summed E-state index contributed by atoms with van der Waals surface area (Å²) in [6.45, 7) is 1.76. The Morgan fingerprint density at radius 1 is 1.18 bits per heavy atom. The first-order valence-corrected chi connectivity index (χ1v) is 5.91. The van der Waals surface area contributed by atoms with Gasteiger partial charge in [-0.3, -0.25) is 0 Å². The molecule has 1 saturated heterocycles. The van der Waals surface area contributed by atoms with Gasteiger partial charge in [-0.05, 0) is 6.42 Å². The van der Waals surface area contributed by atoms with E-state index < -0.39 is 0 Å². The van der Waals surface area contributed by atoms with Gasteiger partial charge in [-0.25, -0.2) is 0 Å². The molecule has 94 valence electrons. The van der Waals surface area contributed by atoms with Crippen LogP contribution in [0, 0.1) is 0 Å². The maximum absolute atomic E-state index is 8.64. The van der Waals surface area contributed by atoms with Crippen molar-refractivity contribution in [2.24, 2.45) is 0 Å². The monoisotopic (exact) mass is 238 g/mol. The number of ether oxygens (including phenoxy) is 3. The average Bonchev–Trinajstić information content (AvgIpc) is 2.41. The predicted octanol–water partition coefficient (Wildman–Crippen LogP) is 1.50. The molecule has 0 radical (unpaired) electrons. The second-order valence-corrected chi connectivity index (χ2v) is 3.98. The fraction of sp³-hybridized carbons (Fsp3) is 0.538. The molecule has 0 aliphatic carbocycles. The number of hydrogen-bond donors (Lipinski definition) is 1. The van der Waals surface area contributed by atoms with E-state index in [2.05, 4.69) is 0 Å². The van der Waals surface area contributed by atoms with Gasteiger partial charge in [-0.15, -0.1) is 0 Å². The third kappa shape index (κ3) is 3.78. The average molecular weight is 238 g/mol. The lowest BCUT2D eigenvalue weighted by Crippen LogP contribution is -2.33. The third-order valence-electron chi connectivity index (χ3n) is 2.59. The quantitative estimate of drug-likeness (QED) is 0.790. The molecule has 4 nitrogen and oxygen atoms in total. The molecule has 1 fully saturated rings. The molecule has 1 aromatic carbocycles. The van der Waals surface area contributed by atoms with E-state index in [1.54, 1.807) is 0 Å². The molecule has 4 heteroatoms. The number of aliphatic hydroxyl groups excluding tert-OH is 1. The molecule has 0 atom stereocenters. The first-order valence-electron chi connectivity index (χ1n) is 5.91. The van der Waals surface area contributed by atoms with Crippen LogP contribution in [-0.4, -0.2) is 37.6 Å². The van der Waals surface area contributed by atoms with Crippen LogP contribution in [0.1, 0.15) is 18.3 Å². The highest BCUT2D eigenvalue weighted by Crippen LogP contribution is 2.23. The van der Waals surface area contributed by atoms with E-state index in [1.165, 1.54) is 0 Å². The molecule has 1 N–H and O–H groups in total. The van der Waals surface area contributed by atoms with Crippen LogP contribution in [0.2, 0.25) is 0 Å². The second kappa shape index (κ2) is 6.71. The highest BCUT2D eigenvalue weighted by molar-refractivity contribution is 5.16. The summed E-state index contributed by atoms with van der Waals surface area (Å²) >= 11 is 0. The molecule has 1 aliphatic heterocycles. The van der Waals surface area contributed by atoms with Gasteiger partial charge in [0, 0.05) is 18.8 Å². The number of benzene rings is 1. The molecule has 0 unspecified atom stereocenters. The van der Waals surface area contributed by atoms with E-state index in [-0.39, 0.29) is 19.0 Å². The van der Waals surface area contributed by atoms with Crippen molar-refractivity contribution in [1.29, 1.82) is 0 Å². The van der Waals surface area contributed by atoms with Gasteiger partial charge in [0.2, 0.25) is 0 Å². The zero-order chi connectivity index (χ0) is 11.9. The van der Waals surface area contributed by atoms with Crippen molar-refractivity contribution >= 4 is 0 Å². The molecule has 17 heavy (non-hydrogen) atoms. The second-order valence-electron chi connectivity index (χ2n) is 3.98. The van der Waals surface area contributed by atoms with Gasteiger partial charge >= 0.3 is 0 Å². The van der Waals surface area contributed by atoms with E-state index in [4.69, 9.17) is 19.3 Å². The number of aliphatic hydroxyl groups is 1. The van der Waals surface area contributed by atoms with Crippen LogP contribution in [0.15, 0.2) is 30.3 Å². The number of hydrogen-bond acceptors (Lipinski definition) is 4. The largest absolute Gasteiger partial charge is 0.396 e. The first-order chi connectivity index (χ1) is 8.40. The predicted molar refractivity (Wildman–Crippen MR) is 62.5 cm³/mol. The fourth-order valence-corrected chi connectivity index (χ4v) is 1.70. The summed E-state index contributed by atoms with van der Waals surface area (Å²) in [7, 11) is 0. The Kier molecular flexibility index (Phi) is 4.94. The van der Waals surface area contributed by atoms with Crippen LogP contribution in [-0.2, 0) is 14.2 Å². The molecular formula is C13H18O4. The van der Waals surface area contributed by atoms with Gasteiger partial charge in [0.15, 0.2) is 6.29 Å². The Hall–Kier alpha value is -0.940. The minimum Gasteiger partial charge on any atom is -0.396 e. The SMILES string of the molecule is OCCCOC1COC(c2ccccc2)OC1. The molecule has 1 aliphatic rings. The van der Waals surface area contributed by atoms with Crippen molar-refractivity contribution in [2.45, 2.75) is 18.8 Å². The highest BCUT2D eigenvalue weighted by Gasteiger charge is 2.23. The zero-order valence-corrected chi connectivity index (χ0v) is 9.75. The Balaban J connectivity index is 1.74. The molecular weight excluding hydrogens is 220 g/mol. The molecule has 0 amide bonds. The number of rotatable bonds is 5. The fourth-order valence-electron chi connectivity index (χ4n) is 1.70. The summed E-state index contributed by atoms with van der Waals surface area (Å²) < 4.78 is 16.7. The smallest absolute Gasteiger partial charge is 0.184 e. The first kappa shape index (κ1) is 12.5. The normalized spacial score (nSPS) is 24.8. The Bertz CT molecular complexity index is 306. The summed E-state index contributed by atoms with van der Waals surface area (Å²) in [5.41, 5.74) is 1.03. The Morgan fingerprint density at radius 3 is 2.53 bits per heavy atom. The summed E-state index contributed by atoms with van der Waals surface area (Å²) in [4.78, 5) is 0. The lowest BCUT2D eigenvalue weighted by atomic mass is 10.2. The topological polar surface area (TPSA) is 47.9 Å². The van der Waals surface area contributed by atoms with Crippen LogP contribution < -0.4 is 0 Å². The molecule has 0 aromatic heterocycles. The molecule has 0 spiro atoms. The zero-order valence-electron chi connectivity index (χ0n) is 9.75. The van der Waals surface area contributed by atoms with Crippen molar-refractivity contribution < 1.29 is 19.3 Å². The molecule has 2 rings (SSSR count). The lowest BCUT2D eigenvalue weighted by Gasteiger charge is -2.29. The molecule has 1 heterocycles. The Labute approximate surface area is 101 Å². The van der Waals surface area contributed by atoms with Crippen molar-refractivity contribution in [3.8, 4) is 0 Å². The minimum atomic E-state index is -0.283. The van der Waals surface area contributed by atoms with Crippen LogP contribution in [0.5, 0.6) is 0 Å². The van der Waals surface area contributed by atoms with E-state index in [9.17, 15) is 0 Å². The van der Waals surface area contributed by atoms with Gasteiger partial charge in [0.25, 0.3) is 0 Å². The highest BCUT2D eigenvalue weighted by atomic mass is 16.7. The summed E-state index contributed by atoms with van der Waals surface area (Å²) in [6.07, 6.45) is 0.342. The van der Waals surface area contributed by atoms with E-state index >= 15 is 0 Å². The van der Waals surface area contributed by atoms with E-state index in [1.807, 2.05) is 30.3 Å². The molecule has 0 bridgehead atoms. The third-order valence-corrected chi connectivity index (χ3v) is 2.59. The van der Waals surface area contributed by atoms with Gasteiger partial charge in [-0.2, -0.15) is 0 Å². The van der Waals surface area contributed by atoms with Crippen molar-refractivity contribution in [2.75, 3.05) is 26.4 Å². The van der Waals surface area contributed by atoms with Crippen LogP contribution in [0.25, 0.3) is 0 Å². The summed E-state index contributed by atoms with van der Waals surface area (Å²) in [5, 5.41) is 8.64. The summed E-state index contributed by atoms with van der Waals surface area (Å²) in [5.74, 6) is 0. The van der Waals surface area contributed by atoms with Crippen molar-refractivity contribution in [1.82, 2.24) is 0 Å². The van der Waals surface area contributed by atoms with Gasteiger partial charge in [0.1, 0.15) is 6.10 Å². The summed E-state index contributed by atoms with van der Waals surface area (Å²) in [6, 6.07) is 9.86. The van der Waals surface area contributed by atoms with Crippen LogP contribution in [0.4, 0.5) is 0 Å². The lowest BCUT2D eigenvalue weighted by molar-refractivity contribution is -0.230. The van der Waals surface area contributed by atoms with E-state index in [0.717, 1.165) is 5.56 Å². The standard InChI is InChI=1S/C13H18O4/c14-7-4-8-15-12-9-16-13(17-10-12)11-5-2-1-3-6-11/h1-3,5-6,12-14H,4,7-10H2. The van der Waals surface area contributed by atoms with E-state index in [0.29, 0.717) is 26.2 Å². The maximum Gasteiger partial charge on any atom is 0.184 e. The van der Waals surface area contributed by atoms with Crippen LogP contribution in [0.3, 0.4) is 0 Å². The van der Waals surface area contributed by atoms with Gasteiger partial charge < -0.3 is 19.3 Å². The van der Waals surface area contributed by atoms with Crippen LogP contribution >= 0.6 is 0 Å². The maximum atomic E-state index is 8.64. The molecule has 1 aromatic rings. The van der Waals surface area contributed by atoms with Crippen molar-refractivity contribution in [3.05, 3.63) is 35.9 Å². The Morgan fingerprint density at radius 2 is 1.88 bits per heavy atom. The van der Waals surface area contributed by atoms with Crippen molar-refractivity contribution in [3.63, 3.8) is 0 Å². The minimum absolute atomic E-state index is 0.0264. The van der Waals surface area contributed by atoms with Gasteiger partial charge in [-0.1, -0.05) is 30.3 Å². The molecule has 0 saturated carbocycles.